The number of halogens is 1. The summed E-state index contributed by atoms with van der Waals surface area (Å²) in [6, 6.07) is 12.5. The van der Waals surface area contributed by atoms with Gasteiger partial charge in [0.1, 0.15) is 24.0 Å². The summed E-state index contributed by atoms with van der Waals surface area (Å²) in [5.74, 6) is -1.41. The molecule has 0 spiro atoms. The van der Waals surface area contributed by atoms with Gasteiger partial charge >= 0.3 is 0 Å². The highest BCUT2D eigenvalue weighted by Gasteiger charge is 2.64. The van der Waals surface area contributed by atoms with E-state index >= 15 is 0 Å². The third-order valence-electron chi connectivity index (χ3n) is 12.2. The molecule has 2 aromatic carbocycles. The maximum absolute atomic E-state index is 13.4. The first-order chi connectivity index (χ1) is 27.6. The van der Waals surface area contributed by atoms with Crippen LogP contribution in [-0.4, -0.2) is 111 Å². The number of hydrogen-bond donors (Lipinski definition) is 2. The molecule has 1 unspecified atom stereocenters. The van der Waals surface area contributed by atoms with Crippen molar-refractivity contribution in [2.45, 2.75) is 71.8 Å². The Kier molecular flexibility index (Phi) is 9.72. The standard InChI is InChI=1S/C41H42ClN9O7/c1-40(2)38(41(3,4)39(40)58-25-6-5-22(18-43)28(42)17-25)45-34(54)29-7-9-31(47-46-29)49-11-13-50(14-12-49)33(53)21-48-19-23-15-26-27(16-24(23)20-48)37(57)51(36(26)56)30-8-10-32(52)44-35(30)55/h5-7,9,15-17,30,38-39H,8,10-14,19-21H2,1-4H3,(H,45,54)(H,44,52,55). The minimum Gasteiger partial charge on any atom is -0.489 e. The predicted molar refractivity (Wildman–Crippen MR) is 207 cm³/mol. The molecule has 1 aromatic heterocycles. The summed E-state index contributed by atoms with van der Waals surface area (Å²) in [5, 5.41) is 23.5. The van der Waals surface area contributed by atoms with Gasteiger partial charge in [-0.05, 0) is 53.9 Å². The Labute approximate surface area is 339 Å². The van der Waals surface area contributed by atoms with Gasteiger partial charge in [0, 0.05) is 68.6 Å². The van der Waals surface area contributed by atoms with Crippen molar-refractivity contribution in [1.82, 2.24) is 35.5 Å². The van der Waals surface area contributed by atoms with Crippen molar-refractivity contribution in [3.63, 3.8) is 0 Å². The molecule has 0 bridgehead atoms. The highest BCUT2D eigenvalue weighted by Crippen LogP contribution is 2.55. The van der Waals surface area contributed by atoms with Gasteiger partial charge in [0.25, 0.3) is 17.7 Å². The van der Waals surface area contributed by atoms with Crippen molar-refractivity contribution >= 4 is 52.9 Å². The van der Waals surface area contributed by atoms with Gasteiger partial charge in [-0.3, -0.25) is 43.9 Å². The van der Waals surface area contributed by atoms with Gasteiger partial charge in [-0.1, -0.05) is 39.3 Å². The zero-order valence-electron chi connectivity index (χ0n) is 32.5. The average Bonchev–Trinajstić information content (AvgIpc) is 3.70. The maximum atomic E-state index is 13.4. The molecule has 6 amide bonds. The summed E-state index contributed by atoms with van der Waals surface area (Å²) < 4.78 is 6.33. The highest BCUT2D eigenvalue weighted by molar-refractivity contribution is 6.31. The molecule has 17 heteroatoms. The predicted octanol–water partition coefficient (Wildman–Crippen LogP) is 2.68. The summed E-state index contributed by atoms with van der Waals surface area (Å²) in [6.07, 6.45) is -0.102. The Morgan fingerprint density at radius 2 is 1.59 bits per heavy atom. The van der Waals surface area contributed by atoms with Crippen molar-refractivity contribution in [1.29, 1.82) is 5.26 Å². The number of amides is 6. The van der Waals surface area contributed by atoms with Crippen LogP contribution < -0.4 is 20.3 Å². The molecule has 1 atom stereocenters. The summed E-state index contributed by atoms with van der Waals surface area (Å²) in [7, 11) is 0. The SMILES string of the molecule is CC1(C)C(NC(=O)c2ccc(N3CCN(C(=O)CN4Cc5cc6c(cc5C4)C(=O)N(C4CCC(=O)NC4=O)C6=O)CC3)nn2)C(C)(C)C1Oc1ccc(C#N)c(Cl)c1. The molecule has 0 radical (unpaired) electrons. The van der Waals surface area contributed by atoms with Gasteiger partial charge in [0.05, 0.1) is 28.3 Å². The van der Waals surface area contributed by atoms with Crippen molar-refractivity contribution < 1.29 is 33.5 Å². The number of nitrogens with zero attached hydrogens (tertiary/aromatic N) is 7. The van der Waals surface area contributed by atoms with Gasteiger partial charge in [-0.2, -0.15) is 5.26 Å². The van der Waals surface area contributed by atoms with E-state index in [0.717, 1.165) is 16.0 Å². The molecule has 58 heavy (non-hydrogen) atoms. The van der Waals surface area contributed by atoms with Crippen LogP contribution in [0.4, 0.5) is 5.82 Å². The molecule has 5 heterocycles. The second-order valence-electron chi connectivity index (χ2n) is 16.7. The quantitative estimate of drug-likeness (QED) is 0.316. The molecule has 1 aliphatic carbocycles. The monoisotopic (exact) mass is 807 g/mol. The Morgan fingerprint density at radius 1 is 0.931 bits per heavy atom. The van der Waals surface area contributed by atoms with Crippen LogP contribution in [-0.2, 0) is 27.5 Å². The fourth-order valence-corrected chi connectivity index (χ4v) is 9.66. The van der Waals surface area contributed by atoms with Gasteiger partial charge < -0.3 is 19.9 Å². The van der Waals surface area contributed by atoms with Crippen LogP contribution in [0.2, 0.25) is 5.02 Å². The molecule has 3 fully saturated rings. The Hall–Kier alpha value is -5.92. The smallest absolute Gasteiger partial charge is 0.272 e. The van der Waals surface area contributed by atoms with E-state index < -0.39 is 40.5 Å². The van der Waals surface area contributed by atoms with Crippen molar-refractivity contribution in [2.75, 3.05) is 37.6 Å². The van der Waals surface area contributed by atoms with E-state index in [2.05, 4.69) is 20.8 Å². The van der Waals surface area contributed by atoms with Crippen LogP contribution in [0.1, 0.15) is 88.4 Å². The van der Waals surface area contributed by atoms with Crippen LogP contribution in [0.15, 0.2) is 42.5 Å². The average molecular weight is 808 g/mol. The second-order valence-corrected chi connectivity index (χ2v) is 17.1. The van der Waals surface area contributed by atoms with Gasteiger partial charge in [-0.15, -0.1) is 10.2 Å². The molecule has 2 saturated heterocycles. The first kappa shape index (κ1) is 38.9. The van der Waals surface area contributed by atoms with E-state index in [1.54, 1.807) is 47.4 Å². The summed E-state index contributed by atoms with van der Waals surface area (Å²) in [4.78, 5) is 84.1. The number of imide groups is 2. The number of fused-ring (bicyclic) bond motifs is 2. The largest absolute Gasteiger partial charge is 0.489 e. The van der Waals surface area contributed by atoms with Crippen LogP contribution >= 0.6 is 11.6 Å². The number of ether oxygens (including phenoxy) is 1. The Bertz CT molecular complexity index is 2260. The van der Waals surface area contributed by atoms with Crippen LogP contribution in [0.25, 0.3) is 0 Å². The third kappa shape index (κ3) is 6.71. The number of benzene rings is 2. The first-order valence-electron chi connectivity index (χ1n) is 19.2. The zero-order valence-corrected chi connectivity index (χ0v) is 33.3. The van der Waals surface area contributed by atoms with Crippen LogP contribution in [0.5, 0.6) is 5.75 Å². The van der Waals surface area contributed by atoms with E-state index in [1.165, 1.54) is 0 Å². The summed E-state index contributed by atoms with van der Waals surface area (Å²) in [6.45, 7) is 11.2. The minimum atomic E-state index is -1.02. The number of aromatic nitrogens is 2. The zero-order chi connectivity index (χ0) is 41.3. The number of carbonyl (C=O) groups excluding carboxylic acids is 6. The van der Waals surface area contributed by atoms with E-state index in [0.29, 0.717) is 61.4 Å². The molecular weight excluding hydrogens is 766 g/mol. The molecule has 3 aromatic rings. The topological polar surface area (TPSA) is 198 Å². The van der Waals surface area contributed by atoms with E-state index in [4.69, 9.17) is 16.3 Å². The molecule has 300 valence electrons. The van der Waals surface area contributed by atoms with Crippen molar-refractivity contribution in [3.8, 4) is 11.8 Å². The molecule has 1 saturated carbocycles. The van der Waals surface area contributed by atoms with Crippen molar-refractivity contribution in [2.24, 2.45) is 10.8 Å². The molecular formula is C41H42ClN9O7. The molecule has 5 aliphatic rings. The van der Waals surface area contributed by atoms with E-state index in [9.17, 15) is 34.0 Å². The molecule has 4 aliphatic heterocycles. The van der Waals surface area contributed by atoms with Crippen LogP contribution in [0.3, 0.4) is 0 Å². The van der Waals surface area contributed by atoms with E-state index in [-0.39, 0.29) is 60.2 Å². The number of nitrogens with one attached hydrogen (secondary N) is 2. The third-order valence-corrected chi connectivity index (χ3v) is 12.5. The lowest BCUT2D eigenvalue weighted by Gasteiger charge is -2.63. The number of piperidine rings is 1. The number of rotatable bonds is 8. The summed E-state index contributed by atoms with van der Waals surface area (Å²) in [5.41, 5.74) is 1.84. The van der Waals surface area contributed by atoms with Gasteiger partial charge in [0.15, 0.2) is 11.5 Å². The summed E-state index contributed by atoms with van der Waals surface area (Å²) >= 11 is 6.22. The first-order valence-corrected chi connectivity index (χ1v) is 19.6. The number of carbonyl (C=O) groups is 6. The number of hydrogen-bond acceptors (Lipinski definition) is 12. The normalized spacial score (nSPS) is 23.4. The highest BCUT2D eigenvalue weighted by atomic mass is 35.5. The minimum absolute atomic E-state index is 0.0375. The fraction of sp³-hybridized carbons (Fsp3) is 0.439. The lowest BCUT2D eigenvalue weighted by atomic mass is 9.49. The number of anilines is 1. The maximum Gasteiger partial charge on any atom is 0.272 e. The Morgan fingerprint density at radius 3 is 2.16 bits per heavy atom. The molecule has 8 rings (SSSR count). The van der Waals surface area contributed by atoms with Crippen LogP contribution in [0, 0.1) is 22.2 Å². The second kappa shape index (κ2) is 14.5. The fourth-order valence-electron chi connectivity index (χ4n) is 9.44. The Balaban J connectivity index is 0.816. The van der Waals surface area contributed by atoms with E-state index in [1.807, 2.05) is 43.6 Å². The molecule has 16 nitrogen and oxygen atoms in total. The van der Waals surface area contributed by atoms with Gasteiger partial charge in [0.2, 0.25) is 17.7 Å². The number of piperazine rings is 1. The number of nitriles is 1. The lowest BCUT2D eigenvalue weighted by Crippen LogP contribution is -2.74. The lowest BCUT2D eigenvalue weighted by molar-refractivity contribution is -0.164. The molecule has 2 N–H and O–H groups in total. The van der Waals surface area contributed by atoms with Crippen molar-refractivity contribution in [3.05, 3.63) is 81.0 Å². The van der Waals surface area contributed by atoms with Gasteiger partial charge in [-0.25, -0.2) is 0 Å².